The van der Waals surface area contributed by atoms with E-state index in [0.717, 1.165) is 17.6 Å². The van der Waals surface area contributed by atoms with Crippen LogP contribution in [0.4, 0.5) is 0 Å². The number of benzene rings is 2. The maximum atomic E-state index is 9.53. The lowest BCUT2D eigenvalue weighted by atomic mass is 10.1. The molecule has 0 fully saturated rings. The average molecular weight is 266 g/mol. The van der Waals surface area contributed by atoms with Crippen molar-refractivity contribution in [2.24, 2.45) is 0 Å². The molecule has 1 heterocycles. The van der Waals surface area contributed by atoms with Crippen LogP contribution in [-0.2, 0) is 13.2 Å². The molecule has 0 saturated carbocycles. The molecule has 0 amide bonds. The van der Waals surface area contributed by atoms with Crippen molar-refractivity contribution in [1.29, 1.82) is 0 Å². The van der Waals surface area contributed by atoms with E-state index >= 15 is 0 Å². The minimum absolute atomic E-state index is 0.0421. The minimum atomic E-state index is -0.0421. The first kappa shape index (κ1) is 12.9. The molecule has 0 saturated heterocycles. The number of rotatable bonds is 3. The summed E-state index contributed by atoms with van der Waals surface area (Å²) >= 11 is 0. The van der Waals surface area contributed by atoms with Crippen LogP contribution in [0.5, 0.6) is 0 Å². The Morgan fingerprint density at radius 1 is 1.00 bits per heavy atom. The summed E-state index contributed by atoms with van der Waals surface area (Å²) in [5.74, 6) is 0.714. The summed E-state index contributed by atoms with van der Waals surface area (Å²) in [5.41, 5.74) is 5.66. The molecule has 0 aliphatic heterocycles. The second-order valence-electron chi connectivity index (χ2n) is 5.25. The van der Waals surface area contributed by atoms with Crippen LogP contribution >= 0.6 is 0 Å². The zero-order valence-electron chi connectivity index (χ0n) is 11.8. The molecule has 0 radical (unpaired) electrons. The number of nitrogens with zero attached hydrogens (tertiary/aromatic N) is 2. The first-order valence-electron chi connectivity index (χ1n) is 6.79. The number of aryl methyl sites for hydroxylation is 2. The SMILES string of the molecule is Cc1ccc(Cn2c(CO)nc3cc(C)ccc32)cc1. The minimum Gasteiger partial charge on any atom is -0.388 e. The molecule has 3 aromatic rings. The molecule has 2 aromatic carbocycles. The number of aliphatic hydroxyl groups is 1. The number of hydrogen-bond donors (Lipinski definition) is 1. The summed E-state index contributed by atoms with van der Waals surface area (Å²) in [6.45, 7) is 4.82. The van der Waals surface area contributed by atoms with Gasteiger partial charge >= 0.3 is 0 Å². The van der Waals surface area contributed by atoms with Crippen LogP contribution < -0.4 is 0 Å². The first-order valence-corrected chi connectivity index (χ1v) is 6.79. The molecular formula is C17H18N2O. The van der Waals surface area contributed by atoms with E-state index in [0.29, 0.717) is 5.82 Å². The van der Waals surface area contributed by atoms with Crippen molar-refractivity contribution in [3.05, 3.63) is 65.0 Å². The molecule has 0 spiro atoms. The molecule has 3 rings (SSSR count). The summed E-state index contributed by atoms with van der Waals surface area (Å²) in [7, 11) is 0. The zero-order valence-corrected chi connectivity index (χ0v) is 11.8. The van der Waals surface area contributed by atoms with Crippen molar-refractivity contribution in [2.45, 2.75) is 27.0 Å². The van der Waals surface area contributed by atoms with Gasteiger partial charge in [0.2, 0.25) is 0 Å². The van der Waals surface area contributed by atoms with E-state index in [1.165, 1.54) is 16.7 Å². The number of hydrogen-bond acceptors (Lipinski definition) is 2. The third-order valence-corrected chi connectivity index (χ3v) is 3.59. The van der Waals surface area contributed by atoms with Gasteiger partial charge in [-0.25, -0.2) is 4.98 Å². The highest BCUT2D eigenvalue weighted by atomic mass is 16.3. The Labute approximate surface area is 118 Å². The van der Waals surface area contributed by atoms with Gasteiger partial charge in [-0.3, -0.25) is 0 Å². The first-order chi connectivity index (χ1) is 9.67. The number of aromatic nitrogens is 2. The number of fused-ring (bicyclic) bond motifs is 1. The van der Waals surface area contributed by atoms with Gasteiger partial charge in [0.1, 0.15) is 12.4 Å². The van der Waals surface area contributed by atoms with E-state index < -0.39 is 0 Å². The average Bonchev–Trinajstić information content (AvgIpc) is 2.78. The van der Waals surface area contributed by atoms with Crippen LogP contribution in [0.3, 0.4) is 0 Å². The molecule has 0 unspecified atom stereocenters. The van der Waals surface area contributed by atoms with Crippen LogP contribution in [-0.4, -0.2) is 14.7 Å². The van der Waals surface area contributed by atoms with Gasteiger partial charge < -0.3 is 9.67 Å². The Hall–Kier alpha value is -2.13. The Morgan fingerprint density at radius 2 is 1.70 bits per heavy atom. The van der Waals surface area contributed by atoms with E-state index in [-0.39, 0.29) is 6.61 Å². The maximum absolute atomic E-state index is 9.53. The maximum Gasteiger partial charge on any atom is 0.136 e. The highest BCUT2D eigenvalue weighted by Crippen LogP contribution is 2.19. The highest BCUT2D eigenvalue weighted by Gasteiger charge is 2.10. The fourth-order valence-corrected chi connectivity index (χ4v) is 2.46. The standard InChI is InChI=1S/C17H18N2O/c1-12-3-6-14(7-4-12)10-19-16-8-5-13(2)9-15(16)18-17(19)11-20/h3-9,20H,10-11H2,1-2H3. The van der Waals surface area contributed by atoms with E-state index in [1.807, 2.05) is 0 Å². The largest absolute Gasteiger partial charge is 0.388 e. The topological polar surface area (TPSA) is 38.0 Å². The quantitative estimate of drug-likeness (QED) is 0.790. The molecule has 0 aliphatic carbocycles. The van der Waals surface area contributed by atoms with Gasteiger partial charge in [-0.1, -0.05) is 35.9 Å². The normalized spacial score (nSPS) is 11.2. The van der Waals surface area contributed by atoms with E-state index in [2.05, 4.69) is 65.9 Å². The van der Waals surface area contributed by atoms with Gasteiger partial charge in [0.05, 0.1) is 11.0 Å². The van der Waals surface area contributed by atoms with Gasteiger partial charge in [0.15, 0.2) is 0 Å². The lowest BCUT2D eigenvalue weighted by molar-refractivity contribution is 0.267. The summed E-state index contributed by atoms with van der Waals surface area (Å²) in [6.07, 6.45) is 0. The summed E-state index contributed by atoms with van der Waals surface area (Å²) in [4.78, 5) is 4.52. The Kier molecular flexibility index (Phi) is 3.28. The lowest BCUT2D eigenvalue weighted by Crippen LogP contribution is -2.05. The summed E-state index contributed by atoms with van der Waals surface area (Å²) < 4.78 is 2.08. The molecule has 1 N–H and O–H groups in total. The Bertz CT molecular complexity index is 742. The molecule has 0 aliphatic rings. The van der Waals surface area contributed by atoms with E-state index in [4.69, 9.17) is 0 Å². The fraction of sp³-hybridized carbons (Fsp3) is 0.235. The number of aliphatic hydroxyl groups excluding tert-OH is 1. The molecule has 0 bridgehead atoms. The van der Waals surface area contributed by atoms with E-state index in [9.17, 15) is 5.11 Å². The molecular weight excluding hydrogens is 248 g/mol. The molecule has 3 heteroatoms. The summed E-state index contributed by atoms with van der Waals surface area (Å²) in [5, 5.41) is 9.53. The van der Waals surface area contributed by atoms with Crippen molar-refractivity contribution < 1.29 is 5.11 Å². The Morgan fingerprint density at radius 3 is 2.40 bits per heavy atom. The number of imidazole rings is 1. The van der Waals surface area contributed by atoms with Crippen molar-refractivity contribution >= 4 is 11.0 Å². The van der Waals surface area contributed by atoms with Gasteiger partial charge in [-0.05, 0) is 37.1 Å². The third-order valence-electron chi connectivity index (χ3n) is 3.59. The van der Waals surface area contributed by atoms with Gasteiger partial charge in [0, 0.05) is 6.54 Å². The smallest absolute Gasteiger partial charge is 0.136 e. The third kappa shape index (κ3) is 2.32. The molecule has 3 nitrogen and oxygen atoms in total. The van der Waals surface area contributed by atoms with Crippen LogP contribution in [0.1, 0.15) is 22.5 Å². The predicted molar refractivity (Wildman–Crippen MR) is 80.7 cm³/mol. The highest BCUT2D eigenvalue weighted by molar-refractivity contribution is 5.77. The van der Waals surface area contributed by atoms with Crippen LogP contribution in [0, 0.1) is 13.8 Å². The van der Waals surface area contributed by atoms with Crippen LogP contribution in [0.25, 0.3) is 11.0 Å². The fourth-order valence-electron chi connectivity index (χ4n) is 2.46. The summed E-state index contributed by atoms with van der Waals surface area (Å²) in [6, 6.07) is 14.7. The Balaban J connectivity index is 2.07. The van der Waals surface area contributed by atoms with Crippen LogP contribution in [0.15, 0.2) is 42.5 Å². The van der Waals surface area contributed by atoms with Gasteiger partial charge in [-0.2, -0.15) is 0 Å². The molecule has 0 atom stereocenters. The van der Waals surface area contributed by atoms with Crippen molar-refractivity contribution in [3.8, 4) is 0 Å². The van der Waals surface area contributed by atoms with Crippen molar-refractivity contribution in [1.82, 2.24) is 9.55 Å². The monoisotopic (exact) mass is 266 g/mol. The van der Waals surface area contributed by atoms with E-state index in [1.54, 1.807) is 0 Å². The second-order valence-corrected chi connectivity index (χ2v) is 5.25. The molecule has 102 valence electrons. The van der Waals surface area contributed by atoms with Gasteiger partial charge in [0.25, 0.3) is 0 Å². The lowest BCUT2D eigenvalue weighted by Gasteiger charge is -2.08. The van der Waals surface area contributed by atoms with Crippen molar-refractivity contribution in [3.63, 3.8) is 0 Å². The zero-order chi connectivity index (χ0) is 14.1. The van der Waals surface area contributed by atoms with Gasteiger partial charge in [-0.15, -0.1) is 0 Å². The van der Waals surface area contributed by atoms with Crippen molar-refractivity contribution in [2.75, 3.05) is 0 Å². The molecule has 20 heavy (non-hydrogen) atoms. The van der Waals surface area contributed by atoms with Crippen LogP contribution in [0.2, 0.25) is 0 Å². The molecule has 1 aromatic heterocycles. The second kappa shape index (κ2) is 5.10. The predicted octanol–water partition coefficient (Wildman–Crippen LogP) is 3.19.